The van der Waals surface area contributed by atoms with E-state index in [1.54, 1.807) is 9.58 Å². The van der Waals surface area contributed by atoms with E-state index >= 15 is 0 Å². The number of rotatable bonds is 9. The fourth-order valence-electron chi connectivity index (χ4n) is 5.23. The zero-order valence-electron chi connectivity index (χ0n) is 21.8. The highest BCUT2D eigenvalue weighted by Crippen LogP contribution is 2.36. The number of carbonyl (C=O) groups excluding carboxylic acids is 2. The molecule has 1 aliphatic rings. The number of aryl methyl sites for hydroxylation is 1. The average Bonchev–Trinajstić information content (AvgIpc) is 3.59. The van der Waals surface area contributed by atoms with Gasteiger partial charge in [-0.3, -0.25) is 14.5 Å². The second-order valence-electron chi connectivity index (χ2n) is 9.65. The van der Waals surface area contributed by atoms with Crippen molar-refractivity contribution in [3.63, 3.8) is 0 Å². The molecule has 38 heavy (non-hydrogen) atoms. The number of fused-ring (bicyclic) bond motifs is 1. The van der Waals surface area contributed by atoms with E-state index in [0.717, 1.165) is 36.8 Å². The molecule has 5 rings (SSSR count). The summed E-state index contributed by atoms with van der Waals surface area (Å²) in [6, 6.07) is 21.8. The Bertz CT molecular complexity index is 1430. The minimum atomic E-state index is -0.929. The molecule has 8 heteroatoms. The summed E-state index contributed by atoms with van der Waals surface area (Å²) in [6.45, 7) is 4.22. The van der Waals surface area contributed by atoms with Crippen LogP contribution < -0.4 is 15.0 Å². The van der Waals surface area contributed by atoms with Gasteiger partial charge in [-0.2, -0.15) is 0 Å². The number of amides is 2. The van der Waals surface area contributed by atoms with E-state index in [1.165, 1.54) is 0 Å². The topological polar surface area (TPSA) is 89.4 Å². The Morgan fingerprint density at radius 1 is 1.03 bits per heavy atom. The zero-order valence-corrected chi connectivity index (χ0v) is 21.8. The molecule has 196 valence electrons. The fraction of sp³-hybridized carbons (Fsp3) is 0.333. The van der Waals surface area contributed by atoms with Crippen molar-refractivity contribution in [2.24, 2.45) is 0 Å². The van der Waals surface area contributed by atoms with Crippen LogP contribution in [-0.2, 0) is 16.1 Å². The molecule has 1 aliphatic carbocycles. The number of nitrogens with zero attached hydrogens (tertiary/aromatic N) is 4. The van der Waals surface area contributed by atoms with Crippen molar-refractivity contribution in [2.75, 3.05) is 11.5 Å². The highest BCUT2D eigenvalue weighted by molar-refractivity contribution is 6.02. The lowest BCUT2D eigenvalue weighted by Gasteiger charge is -2.34. The van der Waals surface area contributed by atoms with Crippen LogP contribution in [-0.4, -0.2) is 39.5 Å². The number of hydrogen-bond donors (Lipinski definition) is 1. The molecule has 1 heterocycles. The van der Waals surface area contributed by atoms with Gasteiger partial charge >= 0.3 is 0 Å². The molecule has 3 aromatic carbocycles. The first-order valence-corrected chi connectivity index (χ1v) is 13.2. The van der Waals surface area contributed by atoms with Crippen molar-refractivity contribution in [1.82, 2.24) is 20.3 Å². The predicted molar refractivity (Wildman–Crippen MR) is 147 cm³/mol. The Morgan fingerprint density at radius 3 is 2.53 bits per heavy atom. The molecule has 1 saturated carbocycles. The molecule has 0 radical (unpaired) electrons. The summed E-state index contributed by atoms with van der Waals surface area (Å²) in [5.41, 5.74) is 3.66. The van der Waals surface area contributed by atoms with Crippen LogP contribution in [0.15, 0.2) is 72.8 Å². The molecule has 4 aromatic rings. The Labute approximate surface area is 222 Å². The Morgan fingerprint density at radius 2 is 1.74 bits per heavy atom. The van der Waals surface area contributed by atoms with E-state index in [1.807, 2.05) is 86.6 Å². The van der Waals surface area contributed by atoms with Gasteiger partial charge in [0.05, 0.1) is 12.1 Å². The Hall–Kier alpha value is -4.20. The minimum absolute atomic E-state index is 0.0706. The van der Waals surface area contributed by atoms with E-state index in [0.29, 0.717) is 29.1 Å². The van der Waals surface area contributed by atoms with Gasteiger partial charge in [-0.1, -0.05) is 66.6 Å². The molecule has 2 amide bonds. The van der Waals surface area contributed by atoms with Crippen LogP contribution in [0.2, 0.25) is 0 Å². The van der Waals surface area contributed by atoms with Crippen LogP contribution in [0.5, 0.6) is 5.75 Å². The number of ether oxygens (including phenoxy) is 1. The largest absolute Gasteiger partial charge is 0.493 e. The first-order valence-electron chi connectivity index (χ1n) is 13.2. The normalized spacial score (nSPS) is 14.4. The van der Waals surface area contributed by atoms with E-state index in [-0.39, 0.29) is 24.4 Å². The summed E-state index contributed by atoms with van der Waals surface area (Å²) >= 11 is 0. The van der Waals surface area contributed by atoms with Gasteiger partial charge in [-0.25, -0.2) is 4.68 Å². The number of benzene rings is 3. The van der Waals surface area contributed by atoms with Crippen LogP contribution >= 0.6 is 0 Å². The van der Waals surface area contributed by atoms with Gasteiger partial charge in [0.25, 0.3) is 0 Å². The minimum Gasteiger partial charge on any atom is -0.493 e. The third-order valence-corrected chi connectivity index (χ3v) is 7.07. The van der Waals surface area contributed by atoms with Crippen LogP contribution in [0.3, 0.4) is 0 Å². The number of aromatic nitrogens is 3. The third kappa shape index (κ3) is 5.25. The van der Waals surface area contributed by atoms with Crippen LogP contribution in [0.1, 0.15) is 49.8 Å². The molecule has 1 fully saturated rings. The summed E-state index contributed by atoms with van der Waals surface area (Å²) in [7, 11) is 0. The number of carbonyl (C=O) groups is 2. The number of hydrogen-bond acceptors (Lipinski definition) is 5. The molecule has 1 aromatic heterocycles. The summed E-state index contributed by atoms with van der Waals surface area (Å²) in [4.78, 5) is 30.0. The predicted octanol–water partition coefficient (Wildman–Crippen LogP) is 4.97. The molecule has 0 bridgehead atoms. The molecule has 1 N–H and O–H groups in total. The maximum atomic E-state index is 14.2. The molecule has 1 atom stereocenters. The lowest BCUT2D eigenvalue weighted by molar-refractivity contribution is -0.127. The van der Waals surface area contributed by atoms with Crippen molar-refractivity contribution in [3.05, 3.63) is 83.9 Å². The monoisotopic (exact) mass is 511 g/mol. The van der Waals surface area contributed by atoms with Gasteiger partial charge in [-0.05, 0) is 56.5 Å². The average molecular weight is 512 g/mol. The third-order valence-electron chi connectivity index (χ3n) is 7.07. The first-order chi connectivity index (χ1) is 18.6. The van der Waals surface area contributed by atoms with Gasteiger partial charge < -0.3 is 10.1 Å². The van der Waals surface area contributed by atoms with Crippen molar-refractivity contribution in [3.8, 4) is 5.75 Å². The lowest BCUT2D eigenvalue weighted by Crippen LogP contribution is -2.47. The van der Waals surface area contributed by atoms with Gasteiger partial charge in [-0.15, -0.1) is 5.10 Å². The second-order valence-corrected chi connectivity index (χ2v) is 9.65. The molecule has 0 saturated heterocycles. The zero-order chi connectivity index (χ0) is 26.5. The van der Waals surface area contributed by atoms with Crippen LogP contribution in [0.4, 0.5) is 5.69 Å². The fourth-order valence-corrected chi connectivity index (χ4v) is 5.23. The van der Waals surface area contributed by atoms with Gasteiger partial charge in [0, 0.05) is 17.3 Å². The molecular weight excluding hydrogens is 478 g/mol. The maximum Gasteiger partial charge on any atom is 0.249 e. The van der Waals surface area contributed by atoms with Crippen LogP contribution in [0, 0.1) is 6.92 Å². The van der Waals surface area contributed by atoms with Crippen molar-refractivity contribution < 1.29 is 14.3 Å². The van der Waals surface area contributed by atoms with Crippen molar-refractivity contribution in [1.29, 1.82) is 0 Å². The molecule has 1 unspecified atom stereocenters. The van der Waals surface area contributed by atoms with E-state index in [2.05, 4.69) is 15.6 Å². The number of nitrogens with one attached hydrogen (secondary N) is 1. The van der Waals surface area contributed by atoms with Gasteiger partial charge in [0.2, 0.25) is 11.8 Å². The molecular formula is C30H33N5O3. The summed E-state index contributed by atoms with van der Waals surface area (Å²) in [5.74, 6) is 0.0936. The lowest BCUT2D eigenvalue weighted by atomic mass is 10.00. The SMILES string of the molecule is CCOc1ccccc1C(C(=O)NC1CCCC1)N(C(=O)Cn1nnc2ccccc21)c1ccccc1C. The second kappa shape index (κ2) is 11.5. The summed E-state index contributed by atoms with van der Waals surface area (Å²) < 4.78 is 7.54. The first kappa shape index (κ1) is 25.4. The van der Waals surface area contributed by atoms with Gasteiger partial charge in [0.1, 0.15) is 23.9 Å². The number of anilines is 1. The van der Waals surface area contributed by atoms with E-state index in [4.69, 9.17) is 4.74 Å². The van der Waals surface area contributed by atoms with E-state index < -0.39 is 6.04 Å². The highest BCUT2D eigenvalue weighted by Gasteiger charge is 2.37. The van der Waals surface area contributed by atoms with Crippen molar-refractivity contribution in [2.45, 2.75) is 58.2 Å². The Balaban J connectivity index is 1.62. The van der Waals surface area contributed by atoms with Crippen LogP contribution in [0.25, 0.3) is 11.0 Å². The number of para-hydroxylation sites is 3. The Kier molecular flexibility index (Phi) is 7.67. The van der Waals surface area contributed by atoms with Gasteiger partial charge in [0.15, 0.2) is 0 Å². The highest BCUT2D eigenvalue weighted by atomic mass is 16.5. The van der Waals surface area contributed by atoms with E-state index in [9.17, 15) is 9.59 Å². The smallest absolute Gasteiger partial charge is 0.249 e. The molecule has 0 aliphatic heterocycles. The summed E-state index contributed by atoms with van der Waals surface area (Å²) in [5, 5.41) is 11.7. The molecule has 0 spiro atoms. The maximum absolute atomic E-state index is 14.2. The molecule has 8 nitrogen and oxygen atoms in total. The quantitative estimate of drug-likeness (QED) is 0.343. The summed E-state index contributed by atoms with van der Waals surface area (Å²) in [6.07, 6.45) is 4.06. The van der Waals surface area contributed by atoms with Crippen molar-refractivity contribution >= 4 is 28.5 Å². The standard InChI is InChI=1S/C30H33N5O3/c1-3-38-27-19-11-7-15-23(27)29(30(37)31-22-13-5-6-14-22)35(25-17-9-4-12-21(25)2)28(36)20-34-26-18-10-8-16-24(26)32-33-34/h4,7-12,15-19,22,29H,3,5-6,13-14,20H2,1-2H3,(H,31,37).